The molecule has 6 heteroatoms. The first kappa shape index (κ1) is 26.6. The molecule has 44 heavy (non-hydrogen) atoms. The lowest BCUT2D eigenvalue weighted by molar-refractivity contribution is -0.459. The van der Waals surface area contributed by atoms with Crippen molar-refractivity contribution in [3.8, 4) is 5.75 Å². The van der Waals surface area contributed by atoms with E-state index in [1.807, 2.05) is 60.7 Å². The van der Waals surface area contributed by atoms with E-state index < -0.39 is 0 Å². The molecule has 6 aliphatic rings. The van der Waals surface area contributed by atoms with Crippen LogP contribution < -0.4 is 20.7 Å². The summed E-state index contributed by atoms with van der Waals surface area (Å²) in [5, 5.41) is 18.4. The highest BCUT2D eigenvalue weighted by atomic mass is 16.5. The van der Waals surface area contributed by atoms with Gasteiger partial charge in [-0.2, -0.15) is 0 Å². The number of guanidine groups is 1. The summed E-state index contributed by atoms with van der Waals surface area (Å²) in [7, 11) is 0. The number of benzene rings is 3. The Morgan fingerprint density at radius 2 is 1.52 bits per heavy atom. The maximum Gasteiger partial charge on any atom is 0.251 e. The quantitative estimate of drug-likeness (QED) is 0.129. The summed E-state index contributed by atoms with van der Waals surface area (Å²) in [6.45, 7) is 3.85. The molecule has 6 saturated carbocycles. The van der Waals surface area contributed by atoms with Crippen LogP contribution in [0.5, 0.6) is 5.75 Å². The minimum Gasteiger partial charge on any atom is -0.487 e. The first-order valence-corrected chi connectivity index (χ1v) is 16.8. The van der Waals surface area contributed by atoms with Crippen molar-refractivity contribution in [1.82, 2.24) is 10.6 Å². The number of amides is 1. The molecule has 6 nitrogen and oxygen atoms in total. The Morgan fingerprint density at radius 3 is 2.20 bits per heavy atom. The van der Waals surface area contributed by atoms with Gasteiger partial charge in [-0.1, -0.05) is 54.6 Å². The van der Waals surface area contributed by atoms with Gasteiger partial charge in [0, 0.05) is 18.7 Å². The molecule has 226 valence electrons. The maximum absolute atomic E-state index is 13.7. The van der Waals surface area contributed by atoms with Crippen molar-refractivity contribution in [1.29, 1.82) is 5.41 Å². The van der Waals surface area contributed by atoms with Crippen molar-refractivity contribution < 1.29 is 9.53 Å². The van der Waals surface area contributed by atoms with Gasteiger partial charge in [-0.25, -0.2) is 0 Å². The second kappa shape index (κ2) is 9.85. The lowest BCUT2D eigenvalue weighted by atomic mass is 9.11. The summed E-state index contributed by atoms with van der Waals surface area (Å²) >= 11 is 0. The van der Waals surface area contributed by atoms with Gasteiger partial charge in [0.25, 0.3) is 5.91 Å². The van der Waals surface area contributed by atoms with Gasteiger partial charge in [-0.15, -0.1) is 0 Å². The molecule has 4 N–H and O–H groups in total. The maximum atomic E-state index is 13.7. The molecule has 1 amide bonds. The fourth-order valence-corrected chi connectivity index (χ4v) is 11.1. The van der Waals surface area contributed by atoms with E-state index in [1.165, 1.54) is 31.2 Å². The fraction of sp³-hybridized carbons (Fsp3) is 0.474. The van der Waals surface area contributed by atoms with Crippen molar-refractivity contribution in [2.24, 2.45) is 58.7 Å². The van der Waals surface area contributed by atoms with Crippen LogP contribution in [0, 0.1) is 71.0 Å². The molecule has 8 unspecified atom stereocenters. The number of carbonyl (C=O) groups is 1. The minimum absolute atomic E-state index is 0.0112. The molecule has 3 aromatic carbocycles. The Hall–Kier alpha value is -3.80. The second-order valence-corrected chi connectivity index (χ2v) is 14.6. The molecule has 3 aromatic rings. The highest BCUT2D eigenvalue weighted by Crippen LogP contribution is 2.92. The van der Waals surface area contributed by atoms with Crippen LogP contribution >= 0.6 is 0 Å². The Kier molecular flexibility index (Phi) is 5.95. The lowest BCUT2D eigenvalue weighted by Gasteiger charge is -2.93. The highest BCUT2D eigenvalue weighted by molar-refractivity contribution is 5.97. The largest absolute Gasteiger partial charge is 0.487 e. The molecule has 9 rings (SSSR count). The van der Waals surface area contributed by atoms with E-state index in [-0.39, 0.29) is 11.9 Å². The summed E-state index contributed by atoms with van der Waals surface area (Å²) in [5.41, 5.74) is 5.05. The van der Waals surface area contributed by atoms with E-state index in [0.29, 0.717) is 35.6 Å². The van der Waals surface area contributed by atoms with Crippen LogP contribution in [0.15, 0.2) is 72.8 Å². The molecule has 6 fully saturated rings. The van der Waals surface area contributed by atoms with Crippen LogP contribution in [-0.4, -0.2) is 18.4 Å². The molecule has 0 aromatic heterocycles. The van der Waals surface area contributed by atoms with Gasteiger partial charge in [-0.3, -0.25) is 10.2 Å². The Balaban J connectivity index is 0.907. The number of nitrogens with one attached hydrogen (secondary N) is 4. The lowest BCUT2D eigenvalue weighted by Crippen LogP contribution is -2.91. The normalized spacial score (nSPS) is 35.8. The SMILES string of the molecule is Cc1ccccc1CNC(=N)Nc1ccc(C(=O)NCC23C4C5CCC5C4C2C2C4CCC4C23)cc1OCc1ccccc1. The Morgan fingerprint density at radius 1 is 0.841 bits per heavy atom. The van der Waals surface area contributed by atoms with Crippen molar-refractivity contribution in [3.63, 3.8) is 0 Å². The summed E-state index contributed by atoms with van der Waals surface area (Å²) < 4.78 is 6.28. The van der Waals surface area contributed by atoms with Crippen molar-refractivity contribution in [2.75, 3.05) is 11.9 Å². The zero-order chi connectivity index (χ0) is 29.6. The first-order valence-electron chi connectivity index (χ1n) is 16.8. The average Bonchev–Trinajstić information content (AvgIpc) is 3.01. The summed E-state index contributed by atoms with van der Waals surface area (Å²) in [5.74, 6) is 9.27. The second-order valence-electron chi connectivity index (χ2n) is 14.6. The standard InChI is InChI=1S/C38H42N4O2/c1-21-7-5-6-10-24(21)18-40-37(39)42-29-16-11-23(17-30(29)44-19-22-8-3-2-4-9-22)36(43)41-20-38-33-27-14-12-25(27)31(33)35(38)32-26-13-15-28(26)34(32)38/h2-11,16-17,25-28,31-35H,12-15,18-20H2,1H3,(H,41,43)(H3,39,40,42). The van der Waals surface area contributed by atoms with Gasteiger partial charge in [0.1, 0.15) is 12.4 Å². The van der Waals surface area contributed by atoms with E-state index >= 15 is 0 Å². The Labute approximate surface area is 259 Å². The fourth-order valence-electron chi connectivity index (χ4n) is 11.1. The summed E-state index contributed by atoms with van der Waals surface area (Å²) in [6.07, 6.45) is 5.76. The van der Waals surface area contributed by atoms with Crippen LogP contribution in [-0.2, 0) is 13.2 Å². The highest BCUT2D eigenvalue weighted by Gasteiger charge is 2.89. The zero-order valence-corrected chi connectivity index (χ0v) is 25.4. The van der Waals surface area contributed by atoms with Crippen LogP contribution in [0.3, 0.4) is 0 Å². The molecule has 0 bridgehead atoms. The van der Waals surface area contributed by atoms with Crippen molar-refractivity contribution >= 4 is 17.6 Å². The topological polar surface area (TPSA) is 86.2 Å². The predicted molar refractivity (Wildman–Crippen MR) is 171 cm³/mol. The first-order chi connectivity index (χ1) is 21.5. The summed E-state index contributed by atoms with van der Waals surface area (Å²) in [4.78, 5) is 13.7. The molecule has 0 heterocycles. The number of anilines is 1. The molecule has 0 saturated heterocycles. The number of hydrogen-bond donors (Lipinski definition) is 4. The average molecular weight is 587 g/mol. The van der Waals surface area contributed by atoms with Gasteiger partial charge < -0.3 is 20.7 Å². The predicted octanol–water partition coefficient (Wildman–Crippen LogP) is 6.61. The molecular weight excluding hydrogens is 544 g/mol. The number of fused-ring (bicyclic) bond motifs is 13. The van der Waals surface area contributed by atoms with Gasteiger partial charge in [0.05, 0.1) is 5.69 Å². The van der Waals surface area contributed by atoms with Crippen LogP contribution in [0.4, 0.5) is 5.69 Å². The van der Waals surface area contributed by atoms with Gasteiger partial charge in [0.15, 0.2) is 5.96 Å². The third-order valence-corrected chi connectivity index (χ3v) is 13.2. The molecule has 8 atom stereocenters. The molecule has 0 radical (unpaired) electrons. The third-order valence-electron chi connectivity index (χ3n) is 13.2. The van der Waals surface area contributed by atoms with Crippen LogP contribution in [0.1, 0.15) is 52.7 Å². The number of hydrogen-bond acceptors (Lipinski definition) is 3. The molecular formula is C38H42N4O2. The smallest absolute Gasteiger partial charge is 0.251 e. The van der Waals surface area contributed by atoms with E-state index in [9.17, 15) is 4.79 Å². The zero-order valence-electron chi connectivity index (χ0n) is 25.4. The molecule has 0 aliphatic heterocycles. The van der Waals surface area contributed by atoms with Gasteiger partial charge in [-0.05, 0) is 126 Å². The Bertz CT molecular complexity index is 1600. The van der Waals surface area contributed by atoms with Crippen LogP contribution in [0.2, 0.25) is 0 Å². The number of carbonyl (C=O) groups excluding carboxylic acids is 1. The van der Waals surface area contributed by atoms with Crippen LogP contribution in [0.25, 0.3) is 0 Å². The van der Waals surface area contributed by atoms with E-state index in [0.717, 1.165) is 70.9 Å². The summed E-state index contributed by atoms with van der Waals surface area (Å²) in [6, 6.07) is 23.8. The number of ether oxygens (including phenoxy) is 1. The molecule has 6 aliphatic carbocycles. The molecule has 0 spiro atoms. The van der Waals surface area contributed by atoms with E-state index in [4.69, 9.17) is 10.1 Å². The van der Waals surface area contributed by atoms with E-state index in [1.54, 1.807) is 0 Å². The minimum atomic E-state index is -0.0112. The van der Waals surface area contributed by atoms with E-state index in [2.05, 4.69) is 35.0 Å². The number of rotatable bonds is 9. The van der Waals surface area contributed by atoms with Gasteiger partial charge >= 0.3 is 0 Å². The van der Waals surface area contributed by atoms with Crippen molar-refractivity contribution in [3.05, 3.63) is 95.1 Å². The third kappa shape index (κ3) is 3.66. The van der Waals surface area contributed by atoms with Crippen molar-refractivity contribution in [2.45, 2.75) is 45.8 Å². The monoisotopic (exact) mass is 586 g/mol. The van der Waals surface area contributed by atoms with Gasteiger partial charge in [0.2, 0.25) is 0 Å². The number of aryl methyl sites for hydroxylation is 1.